The van der Waals surface area contributed by atoms with Gasteiger partial charge >= 0.3 is 0 Å². The summed E-state index contributed by atoms with van der Waals surface area (Å²) >= 11 is 1.67. The van der Waals surface area contributed by atoms with Crippen molar-refractivity contribution in [2.24, 2.45) is 0 Å². The van der Waals surface area contributed by atoms with E-state index in [1.165, 1.54) is 13.3 Å². The molecule has 0 saturated carbocycles. The second kappa shape index (κ2) is 8.58. The van der Waals surface area contributed by atoms with Crippen LogP contribution < -0.4 is 15.5 Å². The maximum Gasteiger partial charge on any atom is 0.257 e. The van der Waals surface area contributed by atoms with Crippen molar-refractivity contribution in [3.8, 4) is 5.75 Å². The molecule has 0 aliphatic carbocycles. The Morgan fingerprint density at radius 2 is 2.13 bits per heavy atom. The summed E-state index contributed by atoms with van der Waals surface area (Å²) in [6, 6.07) is 10.4. The van der Waals surface area contributed by atoms with E-state index in [1.807, 2.05) is 35.1 Å². The topological polar surface area (TPSA) is 101 Å². The molecule has 0 aliphatic rings. The highest BCUT2D eigenvalue weighted by Crippen LogP contribution is 2.22. The van der Waals surface area contributed by atoms with Crippen LogP contribution in [0, 0.1) is 0 Å². The molecule has 0 bridgehead atoms. The number of methoxy groups -OCH3 is 1. The fraction of sp³-hybridized carbons (Fsp3) is 0.238. The van der Waals surface area contributed by atoms with Crippen LogP contribution in [-0.4, -0.2) is 44.6 Å². The third-order valence-electron chi connectivity index (χ3n) is 4.91. The highest BCUT2D eigenvalue weighted by Gasteiger charge is 2.23. The molecular weight excluding hydrogens is 402 g/mol. The van der Waals surface area contributed by atoms with Crippen LogP contribution >= 0.6 is 11.8 Å². The van der Waals surface area contributed by atoms with Gasteiger partial charge in [0.15, 0.2) is 11.5 Å². The van der Waals surface area contributed by atoms with Crippen molar-refractivity contribution in [2.45, 2.75) is 12.5 Å². The number of hydrogen-bond acceptors (Lipinski definition) is 6. The highest BCUT2D eigenvalue weighted by molar-refractivity contribution is 7.98. The van der Waals surface area contributed by atoms with Crippen LogP contribution in [0.25, 0.3) is 16.6 Å². The molecule has 3 heterocycles. The molecule has 2 N–H and O–H groups in total. The molecule has 0 saturated heterocycles. The Bertz CT molecular complexity index is 1270. The van der Waals surface area contributed by atoms with E-state index in [0.29, 0.717) is 34.5 Å². The number of aromatic nitrogens is 4. The van der Waals surface area contributed by atoms with Gasteiger partial charge in [-0.3, -0.25) is 14.0 Å². The predicted octanol–water partition coefficient (Wildman–Crippen LogP) is 2.80. The molecule has 4 rings (SSSR count). The molecule has 4 aromatic rings. The number of amides is 1. The minimum atomic E-state index is -0.459. The van der Waals surface area contributed by atoms with Crippen molar-refractivity contribution in [1.29, 1.82) is 0 Å². The number of H-pyrrole nitrogens is 1. The molecule has 1 atom stereocenters. The van der Waals surface area contributed by atoms with Gasteiger partial charge in [0.05, 0.1) is 24.1 Å². The van der Waals surface area contributed by atoms with E-state index in [9.17, 15) is 9.59 Å². The number of benzene rings is 1. The first kappa shape index (κ1) is 20.0. The van der Waals surface area contributed by atoms with Crippen molar-refractivity contribution in [2.75, 3.05) is 19.1 Å². The Balaban J connectivity index is 1.69. The SMILES string of the molecule is COc1cccc2c(=O)c(C(=O)NC(CCSC)c3nnc4ccccn34)c[nH]c12. The smallest absolute Gasteiger partial charge is 0.257 e. The van der Waals surface area contributed by atoms with Crippen LogP contribution in [0.15, 0.2) is 53.6 Å². The monoisotopic (exact) mass is 423 g/mol. The number of thioether (sulfide) groups is 1. The maximum absolute atomic E-state index is 13.0. The molecule has 154 valence electrons. The van der Waals surface area contributed by atoms with E-state index < -0.39 is 5.91 Å². The molecule has 0 fully saturated rings. The molecule has 9 heteroatoms. The molecule has 0 aliphatic heterocycles. The van der Waals surface area contributed by atoms with Gasteiger partial charge in [-0.15, -0.1) is 10.2 Å². The molecule has 30 heavy (non-hydrogen) atoms. The standard InChI is InChI=1S/C21H21N5O3S/c1-29-16-7-5-6-13-18(16)22-12-14(19(13)27)21(28)23-15(9-11-30-2)20-25-24-17-8-3-4-10-26(17)20/h3-8,10,12,15H,9,11H2,1-2H3,(H,22,27)(H,23,28). The molecule has 0 radical (unpaired) electrons. The van der Waals surface area contributed by atoms with Crippen molar-refractivity contribution in [3.05, 3.63) is 70.4 Å². The summed E-state index contributed by atoms with van der Waals surface area (Å²) in [5, 5.41) is 11.8. The minimum absolute atomic E-state index is 0.0405. The van der Waals surface area contributed by atoms with Gasteiger partial charge in [-0.1, -0.05) is 12.1 Å². The minimum Gasteiger partial charge on any atom is -0.495 e. The highest BCUT2D eigenvalue weighted by atomic mass is 32.2. The second-order valence-corrected chi connectivity index (χ2v) is 7.69. The third kappa shape index (κ3) is 3.63. The normalized spacial score (nSPS) is 12.2. The summed E-state index contributed by atoms with van der Waals surface area (Å²) in [5.41, 5.74) is 0.948. The number of rotatable bonds is 7. The number of carbonyl (C=O) groups excluding carboxylic acids is 1. The van der Waals surface area contributed by atoms with E-state index in [2.05, 4.69) is 20.5 Å². The van der Waals surface area contributed by atoms with Gasteiger partial charge in [0.2, 0.25) is 5.43 Å². The van der Waals surface area contributed by atoms with Gasteiger partial charge in [0.1, 0.15) is 11.3 Å². The average Bonchev–Trinajstić information content (AvgIpc) is 3.20. The first-order chi connectivity index (χ1) is 14.6. The van der Waals surface area contributed by atoms with E-state index in [4.69, 9.17) is 4.74 Å². The summed E-state index contributed by atoms with van der Waals surface area (Å²) < 4.78 is 7.14. The molecule has 1 aromatic carbocycles. The first-order valence-corrected chi connectivity index (χ1v) is 10.8. The number of ether oxygens (including phenoxy) is 1. The lowest BCUT2D eigenvalue weighted by atomic mass is 10.1. The Kier molecular flexibility index (Phi) is 5.71. The zero-order chi connectivity index (χ0) is 21.1. The van der Waals surface area contributed by atoms with Gasteiger partial charge in [-0.25, -0.2) is 0 Å². The summed E-state index contributed by atoms with van der Waals surface area (Å²) in [6.45, 7) is 0. The zero-order valence-corrected chi connectivity index (χ0v) is 17.4. The number of fused-ring (bicyclic) bond motifs is 2. The number of para-hydroxylation sites is 1. The van der Waals surface area contributed by atoms with E-state index in [-0.39, 0.29) is 17.0 Å². The van der Waals surface area contributed by atoms with Gasteiger partial charge in [-0.2, -0.15) is 11.8 Å². The van der Waals surface area contributed by atoms with Crippen LogP contribution in [0.5, 0.6) is 5.75 Å². The van der Waals surface area contributed by atoms with Crippen LogP contribution in [0.3, 0.4) is 0 Å². The van der Waals surface area contributed by atoms with Gasteiger partial charge in [0.25, 0.3) is 5.91 Å². The lowest BCUT2D eigenvalue weighted by Crippen LogP contribution is -2.33. The maximum atomic E-state index is 13.0. The molecule has 0 spiro atoms. The Morgan fingerprint density at radius 3 is 2.93 bits per heavy atom. The van der Waals surface area contributed by atoms with Crippen molar-refractivity contribution in [1.82, 2.24) is 24.9 Å². The quantitative estimate of drug-likeness (QED) is 0.474. The van der Waals surface area contributed by atoms with Gasteiger partial charge in [-0.05, 0) is 42.7 Å². The number of nitrogens with one attached hydrogen (secondary N) is 2. The van der Waals surface area contributed by atoms with Crippen molar-refractivity contribution in [3.63, 3.8) is 0 Å². The van der Waals surface area contributed by atoms with E-state index in [0.717, 1.165) is 5.75 Å². The second-order valence-electron chi connectivity index (χ2n) is 6.71. The molecule has 8 nitrogen and oxygen atoms in total. The van der Waals surface area contributed by atoms with Crippen molar-refractivity contribution >= 4 is 34.2 Å². The van der Waals surface area contributed by atoms with Crippen molar-refractivity contribution < 1.29 is 9.53 Å². The number of carbonyl (C=O) groups is 1. The van der Waals surface area contributed by atoms with Gasteiger partial charge < -0.3 is 15.0 Å². The van der Waals surface area contributed by atoms with Crippen LogP contribution in [0.4, 0.5) is 0 Å². The average molecular weight is 423 g/mol. The number of hydrogen-bond donors (Lipinski definition) is 2. The Hall–Kier alpha value is -3.33. The molecule has 1 unspecified atom stereocenters. The van der Waals surface area contributed by atoms with Crippen LogP contribution in [0.2, 0.25) is 0 Å². The Morgan fingerprint density at radius 1 is 1.27 bits per heavy atom. The molecular formula is C21H21N5O3S. The largest absolute Gasteiger partial charge is 0.495 e. The number of pyridine rings is 2. The lowest BCUT2D eigenvalue weighted by Gasteiger charge is -2.17. The lowest BCUT2D eigenvalue weighted by molar-refractivity contribution is 0.0932. The number of aromatic amines is 1. The molecule has 1 amide bonds. The summed E-state index contributed by atoms with van der Waals surface area (Å²) in [5.74, 6) is 1.54. The van der Waals surface area contributed by atoms with E-state index >= 15 is 0 Å². The Labute approximate surface area is 176 Å². The molecule has 3 aromatic heterocycles. The predicted molar refractivity (Wildman–Crippen MR) is 117 cm³/mol. The van der Waals surface area contributed by atoms with E-state index in [1.54, 1.807) is 30.0 Å². The van der Waals surface area contributed by atoms with Gasteiger partial charge in [0, 0.05) is 12.4 Å². The summed E-state index contributed by atoms with van der Waals surface area (Å²) in [6.07, 6.45) is 5.94. The third-order valence-corrected chi connectivity index (χ3v) is 5.55. The summed E-state index contributed by atoms with van der Waals surface area (Å²) in [4.78, 5) is 29.0. The summed E-state index contributed by atoms with van der Waals surface area (Å²) in [7, 11) is 1.53. The fourth-order valence-electron chi connectivity index (χ4n) is 3.40. The van der Waals surface area contributed by atoms with Crippen LogP contribution in [0.1, 0.15) is 28.6 Å². The van der Waals surface area contributed by atoms with Crippen LogP contribution in [-0.2, 0) is 0 Å². The zero-order valence-electron chi connectivity index (χ0n) is 16.6. The fourth-order valence-corrected chi connectivity index (χ4v) is 3.87. The number of nitrogens with zero attached hydrogens (tertiary/aromatic N) is 3. The first-order valence-electron chi connectivity index (χ1n) is 9.42.